The number of nitrogens with two attached hydrogens (primary N) is 1. The second-order valence-electron chi connectivity index (χ2n) is 4.66. The van der Waals surface area contributed by atoms with Gasteiger partial charge in [0.2, 0.25) is 0 Å². The van der Waals surface area contributed by atoms with Crippen molar-refractivity contribution in [3.63, 3.8) is 0 Å². The number of rotatable bonds is 4. The van der Waals surface area contributed by atoms with E-state index >= 15 is 0 Å². The molecule has 1 rings (SSSR count). The molecule has 1 aliphatic carbocycles. The first-order valence-corrected chi connectivity index (χ1v) is 6.04. The van der Waals surface area contributed by atoms with E-state index in [2.05, 4.69) is 6.92 Å². The van der Waals surface area contributed by atoms with Gasteiger partial charge in [-0.1, -0.05) is 6.92 Å². The normalized spacial score (nSPS) is 26.7. The Morgan fingerprint density at radius 3 is 2.44 bits per heavy atom. The molecule has 0 radical (unpaired) electrons. The fourth-order valence-electron chi connectivity index (χ4n) is 2.36. The quantitative estimate of drug-likeness (QED) is 0.779. The Balaban J connectivity index is 0.00000225. The molecule has 96 valence electrons. The molecule has 0 saturated heterocycles. The molecular weight excluding hydrogens is 226 g/mol. The minimum Gasteiger partial charge on any atom is -0.466 e. The number of halogens is 1. The fourth-order valence-corrected chi connectivity index (χ4v) is 2.36. The molecule has 1 fully saturated rings. The van der Waals surface area contributed by atoms with Gasteiger partial charge in [0.05, 0.1) is 6.61 Å². The predicted molar refractivity (Wildman–Crippen MR) is 67.6 cm³/mol. The second-order valence-corrected chi connectivity index (χ2v) is 4.66. The summed E-state index contributed by atoms with van der Waals surface area (Å²) in [6, 6.07) is 0.385. The van der Waals surface area contributed by atoms with E-state index in [1.54, 1.807) is 0 Å². The van der Waals surface area contributed by atoms with Crippen molar-refractivity contribution in [2.75, 3.05) is 6.61 Å². The summed E-state index contributed by atoms with van der Waals surface area (Å²) in [6.45, 7) is 4.49. The highest BCUT2D eigenvalue weighted by Crippen LogP contribution is 2.31. The van der Waals surface area contributed by atoms with Crippen LogP contribution in [0.15, 0.2) is 0 Å². The Hall–Kier alpha value is -0.280. The van der Waals surface area contributed by atoms with Crippen LogP contribution in [0.5, 0.6) is 0 Å². The fraction of sp³-hybridized carbons (Fsp3) is 0.917. The van der Waals surface area contributed by atoms with Crippen LogP contribution in [-0.2, 0) is 9.53 Å². The number of esters is 1. The molecule has 1 aliphatic rings. The molecule has 16 heavy (non-hydrogen) atoms. The van der Waals surface area contributed by atoms with Crippen LogP contribution < -0.4 is 5.73 Å². The molecule has 0 aromatic carbocycles. The molecule has 0 aliphatic heterocycles. The summed E-state index contributed by atoms with van der Waals surface area (Å²) in [4.78, 5) is 11.3. The average Bonchev–Trinajstić information content (AvgIpc) is 2.18. The lowest BCUT2D eigenvalue weighted by atomic mass is 9.78. The summed E-state index contributed by atoms with van der Waals surface area (Å²) in [5.74, 6) is 1.05. The zero-order chi connectivity index (χ0) is 11.3. The number of ether oxygens (including phenoxy) is 1. The lowest BCUT2D eigenvalue weighted by Crippen LogP contribution is -2.29. The smallest absolute Gasteiger partial charge is 0.306 e. The first-order valence-electron chi connectivity index (χ1n) is 6.04. The van der Waals surface area contributed by atoms with Crippen molar-refractivity contribution in [2.24, 2.45) is 17.6 Å². The molecule has 0 spiro atoms. The highest BCUT2D eigenvalue weighted by molar-refractivity contribution is 5.85. The van der Waals surface area contributed by atoms with Crippen LogP contribution in [-0.4, -0.2) is 18.6 Å². The number of carbonyl (C=O) groups excluding carboxylic acids is 1. The van der Waals surface area contributed by atoms with Crippen molar-refractivity contribution >= 4 is 18.4 Å². The SMILES string of the molecule is CCOC(=O)C[C@H](C)C1CCC(N)CC1.Cl. The van der Waals surface area contributed by atoms with Gasteiger partial charge in [0.15, 0.2) is 0 Å². The molecule has 0 aromatic rings. The number of carbonyl (C=O) groups is 1. The van der Waals surface area contributed by atoms with Crippen molar-refractivity contribution in [2.45, 2.75) is 52.0 Å². The minimum absolute atomic E-state index is 0. The molecule has 0 heterocycles. The molecule has 2 N–H and O–H groups in total. The topological polar surface area (TPSA) is 52.3 Å². The lowest BCUT2D eigenvalue weighted by molar-refractivity contribution is -0.144. The Morgan fingerprint density at radius 2 is 1.94 bits per heavy atom. The summed E-state index contributed by atoms with van der Waals surface area (Å²) >= 11 is 0. The van der Waals surface area contributed by atoms with E-state index in [9.17, 15) is 4.79 Å². The summed E-state index contributed by atoms with van der Waals surface area (Å²) < 4.78 is 4.96. The zero-order valence-corrected chi connectivity index (χ0v) is 11.1. The van der Waals surface area contributed by atoms with Crippen LogP contribution in [0, 0.1) is 11.8 Å². The first-order chi connectivity index (χ1) is 7.13. The zero-order valence-electron chi connectivity index (χ0n) is 10.3. The molecule has 0 bridgehead atoms. The third-order valence-electron chi connectivity index (χ3n) is 3.42. The molecule has 3 nitrogen and oxygen atoms in total. The van der Waals surface area contributed by atoms with Gasteiger partial charge >= 0.3 is 5.97 Å². The lowest BCUT2D eigenvalue weighted by Gasteiger charge is -2.30. The van der Waals surface area contributed by atoms with Crippen LogP contribution in [0.25, 0.3) is 0 Å². The van der Waals surface area contributed by atoms with Gasteiger partial charge < -0.3 is 10.5 Å². The van der Waals surface area contributed by atoms with Crippen molar-refractivity contribution < 1.29 is 9.53 Å². The van der Waals surface area contributed by atoms with Gasteiger partial charge in [0, 0.05) is 12.5 Å². The van der Waals surface area contributed by atoms with Gasteiger partial charge in [-0.25, -0.2) is 0 Å². The molecule has 0 aromatic heterocycles. The van der Waals surface area contributed by atoms with Crippen molar-refractivity contribution in [3.05, 3.63) is 0 Å². The summed E-state index contributed by atoms with van der Waals surface area (Å²) in [6.07, 6.45) is 5.12. The van der Waals surface area contributed by atoms with Gasteiger partial charge in [-0.3, -0.25) is 4.79 Å². The Kier molecular flexibility index (Phi) is 7.77. The number of hydrogen-bond acceptors (Lipinski definition) is 3. The summed E-state index contributed by atoms with van der Waals surface area (Å²) in [5, 5.41) is 0. The monoisotopic (exact) mass is 249 g/mol. The molecule has 0 amide bonds. The van der Waals surface area contributed by atoms with Crippen LogP contribution >= 0.6 is 12.4 Å². The average molecular weight is 250 g/mol. The Morgan fingerprint density at radius 1 is 1.38 bits per heavy atom. The van der Waals surface area contributed by atoms with Crippen LogP contribution in [0.1, 0.15) is 46.0 Å². The van der Waals surface area contributed by atoms with Crippen molar-refractivity contribution in [1.82, 2.24) is 0 Å². The Labute approximate surface area is 105 Å². The maximum atomic E-state index is 11.3. The summed E-state index contributed by atoms with van der Waals surface area (Å²) in [5.41, 5.74) is 5.85. The third-order valence-corrected chi connectivity index (χ3v) is 3.42. The van der Waals surface area contributed by atoms with Crippen LogP contribution in [0.2, 0.25) is 0 Å². The molecular formula is C12H24ClNO2. The van der Waals surface area contributed by atoms with E-state index in [-0.39, 0.29) is 18.4 Å². The van der Waals surface area contributed by atoms with E-state index in [1.165, 1.54) is 12.8 Å². The van der Waals surface area contributed by atoms with E-state index in [0.29, 0.717) is 30.9 Å². The Bertz CT molecular complexity index is 203. The molecule has 4 heteroatoms. The summed E-state index contributed by atoms with van der Waals surface area (Å²) in [7, 11) is 0. The maximum Gasteiger partial charge on any atom is 0.306 e. The van der Waals surface area contributed by atoms with Gasteiger partial charge in [0.1, 0.15) is 0 Å². The maximum absolute atomic E-state index is 11.3. The largest absolute Gasteiger partial charge is 0.466 e. The minimum atomic E-state index is -0.0557. The molecule has 0 unspecified atom stereocenters. The number of hydrogen-bond donors (Lipinski definition) is 1. The van der Waals surface area contributed by atoms with Gasteiger partial charge in [0.25, 0.3) is 0 Å². The van der Waals surface area contributed by atoms with Crippen LogP contribution in [0.4, 0.5) is 0 Å². The van der Waals surface area contributed by atoms with E-state index < -0.39 is 0 Å². The van der Waals surface area contributed by atoms with Crippen molar-refractivity contribution in [3.8, 4) is 0 Å². The highest BCUT2D eigenvalue weighted by Gasteiger charge is 2.25. The van der Waals surface area contributed by atoms with Gasteiger partial charge in [-0.05, 0) is 44.4 Å². The van der Waals surface area contributed by atoms with E-state index in [1.807, 2.05) is 6.92 Å². The predicted octanol–water partition coefficient (Wildman–Crippen LogP) is 2.52. The second kappa shape index (κ2) is 7.91. The van der Waals surface area contributed by atoms with E-state index in [0.717, 1.165) is 12.8 Å². The molecule has 1 saturated carbocycles. The van der Waals surface area contributed by atoms with Gasteiger partial charge in [-0.2, -0.15) is 0 Å². The van der Waals surface area contributed by atoms with Crippen molar-refractivity contribution in [1.29, 1.82) is 0 Å². The van der Waals surface area contributed by atoms with Gasteiger partial charge in [-0.15, -0.1) is 12.4 Å². The highest BCUT2D eigenvalue weighted by atomic mass is 35.5. The molecule has 1 atom stereocenters. The van der Waals surface area contributed by atoms with E-state index in [4.69, 9.17) is 10.5 Å². The standard InChI is InChI=1S/C12H23NO2.ClH/c1-3-15-12(14)8-9(2)10-4-6-11(13)7-5-10;/h9-11H,3-8,13H2,1-2H3;1H/t9-,10?,11?;/m0./s1. The van der Waals surface area contributed by atoms with Crippen LogP contribution in [0.3, 0.4) is 0 Å². The third kappa shape index (κ3) is 5.17. The first kappa shape index (κ1) is 15.7.